The summed E-state index contributed by atoms with van der Waals surface area (Å²) in [4.78, 5) is 11.2. The predicted octanol–water partition coefficient (Wildman–Crippen LogP) is 4.11. The van der Waals surface area contributed by atoms with E-state index >= 15 is 0 Å². The van der Waals surface area contributed by atoms with Gasteiger partial charge in [-0.3, -0.25) is 0 Å². The minimum atomic E-state index is 0.121. The fourth-order valence-electron chi connectivity index (χ4n) is 4.75. The van der Waals surface area contributed by atoms with Crippen molar-refractivity contribution in [2.75, 3.05) is 0 Å². The highest BCUT2D eigenvalue weighted by molar-refractivity contribution is 5.60. The predicted molar refractivity (Wildman–Crippen MR) is 65.2 cm³/mol. The van der Waals surface area contributed by atoms with E-state index in [-0.39, 0.29) is 5.41 Å². The van der Waals surface area contributed by atoms with Crippen molar-refractivity contribution < 1.29 is 4.79 Å². The third-order valence-electron chi connectivity index (χ3n) is 6.08. The van der Waals surface area contributed by atoms with E-state index < -0.39 is 0 Å². The van der Waals surface area contributed by atoms with Crippen LogP contribution in [-0.4, -0.2) is 6.29 Å². The van der Waals surface area contributed by atoms with Gasteiger partial charge in [0, 0.05) is 5.41 Å². The number of aldehydes is 1. The molecule has 0 aromatic heterocycles. The minimum Gasteiger partial charge on any atom is -0.303 e. The molecule has 0 aliphatic heterocycles. The van der Waals surface area contributed by atoms with Gasteiger partial charge in [-0.25, -0.2) is 0 Å². The summed E-state index contributed by atoms with van der Waals surface area (Å²) in [6.45, 7) is 0. The first-order chi connectivity index (χ1) is 7.79. The molecule has 4 fully saturated rings. The molecule has 0 saturated heterocycles. The molecule has 0 unspecified atom stereocenters. The van der Waals surface area contributed by atoms with Gasteiger partial charge < -0.3 is 4.79 Å². The molecule has 0 aromatic rings. The summed E-state index contributed by atoms with van der Waals surface area (Å²) in [5.41, 5.74) is 0.793. The number of fused-ring (bicyclic) bond motifs is 3. The standard InChI is InChI=1S/C15H24O/c16-12-14-6-9-15(10-7-14,11-8-14)13-4-2-1-3-5-13/h12-13H,1-11H2. The van der Waals surface area contributed by atoms with Gasteiger partial charge in [0.1, 0.15) is 6.29 Å². The van der Waals surface area contributed by atoms with Crippen molar-refractivity contribution in [3.63, 3.8) is 0 Å². The minimum absolute atomic E-state index is 0.121. The molecule has 4 rings (SSSR count). The second-order valence-electron chi connectivity index (χ2n) is 6.68. The fraction of sp³-hybridized carbons (Fsp3) is 0.933. The normalized spacial score (nSPS) is 44.5. The summed E-state index contributed by atoms with van der Waals surface area (Å²) in [5.74, 6) is 1.01. The molecule has 0 atom stereocenters. The molecule has 1 heteroatoms. The molecule has 4 saturated carbocycles. The summed E-state index contributed by atoms with van der Waals surface area (Å²) >= 11 is 0. The Bertz CT molecular complexity index is 251. The summed E-state index contributed by atoms with van der Waals surface area (Å²) in [5, 5.41) is 0. The molecule has 1 nitrogen and oxygen atoms in total. The Hall–Kier alpha value is -0.330. The highest BCUT2D eigenvalue weighted by atomic mass is 16.1. The third kappa shape index (κ3) is 1.55. The maximum absolute atomic E-state index is 11.2. The van der Waals surface area contributed by atoms with E-state index in [1.807, 2.05) is 0 Å². The lowest BCUT2D eigenvalue weighted by atomic mass is 9.49. The zero-order valence-electron chi connectivity index (χ0n) is 10.3. The van der Waals surface area contributed by atoms with Crippen LogP contribution in [0.4, 0.5) is 0 Å². The lowest BCUT2D eigenvalue weighted by Crippen LogP contribution is -2.46. The topological polar surface area (TPSA) is 17.1 Å². The molecule has 16 heavy (non-hydrogen) atoms. The van der Waals surface area contributed by atoms with E-state index in [0.29, 0.717) is 5.41 Å². The Kier molecular flexibility index (Phi) is 2.60. The summed E-state index contributed by atoms with van der Waals surface area (Å²) in [6.07, 6.45) is 16.3. The van der Waals surface area contributed by atoms with Gasteiger partial charge in [0.15, 0.2) is 0 Å². The van der Waals surface area contributed by atoms with Crippen LogP contribution in [0.1, 0.15) is 70.6 Å². The molecule has 0 heterocycles. The number of hydrogen-bond donors (Lipinski definition) is 0. The highest BCUT2D eigenvalue weighted by Crippen LogP contribution is 2.61. The first-order valence-corrected chi connectivity index (χ1v) is 7.25. The average molecular weight is 220 g/mol. The van der Waals surface area contributed by atoms with Crippen molar-refractivity contribution in [1.29, 1.82) is 0 Å². The molecule has 0 radical (unpaired) electrons. The van der Waals surface area contributed by atoms with Gasteiger partial charge in [-0.15, -0.1) is 0 Å². The monoisotopic (exact) mass is 220 g/mol. The van der Waals surface area contributed by atoms with E-state index in [9.17, 15) is 4.79 Å². The van der Waals surface area contributed by atoms with Gasteiger partial charge in [0.25, 0.3) is 0 Å². The van der Waals surface area contributed by atoms with Crippen molar-refractivity contribution in [2.45, 2.75) is 70.6 Å². The van der Waals surface area contributed by atoms with Crippen LogP contribution in [-0.2, 0) is 4.79 Å². The van der Waals surface area contributed by atoms with Crippen molar-refractivity contribution in [1.82, 2.24) is 0 Å². The molecule has 0 amide bonds. The highest BCUT2D eigenvalue weighted by Gasteiger charge is 2.51. The molecule has 90 valence electrons. The summed E-state index contributed by atoms with van der Waals surface area (Å²) in [7, 11) is 0. The number of carbonyl (C=O) groups is 1. The molecule has 0 spiro atoms. The lowest BCUT2D eigenvalue weighted by molar-refractivity contribution is -0.128. The van der Waals surface area contributed by atoms with E-state index in [4.69, 9.17) is 0 Å². The number of rotatable bonds is 2. The van der Waals surface area contributed by atoms with Crippen molar-refractivity contribution in [2.24, 2.45) is 16.7 Å². The van der Waals surface area contributed by atoms with Gasteiger partial charge in [0.2, 0.25) is 0 Å². The van der Waals surface area contributed by atoms with Crippen LogP contribution in [0.15, 0.2) is 0 Å². The molecular weight excluding hydrogens is 196 g/mol. The largest absolute Gasteiger partial charge is 0.303 e. The van der Waals surface area contributed by atoms with Gasteiger partial charge in [-0.05, 0) is 62.7 Å². The van der Waals surface area contributed by atoms with E-state index in [1.165, 1.54) is 76.9 Å². The second kappa shape index (κ2) is 3.85. The van der Waals surface area contributed by atoms with Crippen molar-refractivity contribution in [3.8, 4) is 0 Å². The molecule has 4 aliphatic rings. The Balaban J connectivity index is 1.74. The molecule has 0 aromatic carbocycles. The zero-order valence-corrected chi connectivity index (χ0v) is 10.3. The van der Waals surface area contributed by atoms with Crippen LogP contribution in [0.5, 0.6) is 0 Å². The summed E-state index contributed by atoms with van der Waals surface area (Å²) in [6, 6.07) is 0. The Morgan fingerprint density at radius 2 is 1.38 bits per heavy atom. The van der Waals surface area contributed by atoms with E-state index in [1.54, 1.807) is 0 Å². The van der Waals surface area contributed by atoms with Crippen molar-refractivity contribution >= 4 is 6.29 Å². The molecule has 2 bridgehead atoms. The Labute approximate surface area is 99.0 Å². The SMILES string of the molecule is O=CC12CCC(C3CCCCC3)(CC1)CC2. The first-order valence-electron chi connectivity index (χ1n) is 7.25. The second-order valence-corrected chi connectivity index (χ2v) is 6.68. The maximum atomic E-state index is 11.2. The average Bonchev–Trinajstić information content (AvgIpc) is 2.42. The van der Waals surface area contributed by atoms with Gasteiger partial charge in [-0.1, -0.05) is 19.3 Å². The molecule has 0 N–H and O–H groups in total. The Morgan fingerprint density at radius 3 is 1.88 bits per heavy atom. The zero-order chi connectivity index (χ0) is 11.1. The maximum Gasteiger partial charge on any atom is 0.126 e. The van der Waals surface area contributed by atoms with Gasteiger partial charge in [-0.2, -0.15) is 0 Å². The lowest BCUT2D eigenvalue weighted by Gasteiger charge is -2.55. The third-order valence-corrected chi connectivity index (χ3v) is 6.08. The fourth-order valence-corrected chi connectivity index (χ4v) is 4.75. The number of carbonyl (C=O) groups excluding carboxylic acids is 1. The summed E-state index contributed by atoms with van der Waals surface area (Å²) < 4.78 is 0. The number of hydrogen-bond acceptors (Lipinski definition) is 1. The van der Waals surface area contributed by atoms with E-state index in [2.05, 4.69) is 0 Å². The van der Waals surface area contributed by atoms with Crippen LogP contribution in [0.3, 0.4) is 0 Å². The van der Waals surface area contributed by atoms with Gasteiger partial charge >= 0.3 is 0 Å². The van der Waals surface area contributed by atoms with Crippen LogP contribution in [0.2, 0.25) is 0 Å². The first kappa shape index (κ1) is 10.8. The smallest absolute Gasteiger partial charge is 0.126 e. The Morgan fingerprint density at radius 1 is 0.812 bits per heavy atom. The van der Waals surface area contributed by atoms with Crippen LogP contribution < -0.4 is 0 Å². The van der Waals surface area contributed by atoms with Crippen LogP contribution in [0, 0.1) is 16.7 Å². The molecule has 4 aliphatic carbocycles. The van der Waals surface area contributed by atoms with Crippen LogP contribution >= 0.6 is 0 Å². The quantitative estimate of drug-likeness (QED) is 0.640. The van der Waals surface area contributed by atoms with Gasteiger partial charge in [0.05, 0.1) is 0 Å². The van der Waals surface area contributed by atoms with Crippen molar-refractivity contribution in [3.05, 3.63) is 0 Å². The van der Waals surface area contributed by atoms with E-state index in [0.717, 1.165) is 5.92 Å². The van der Waals surface area contributed by atoms with Crippen LogP contribution in [0.25, 0.3) is 0 Å². The molecular formula is C15H24O.